The summed E-state index contributed by atoms with van der Waals surface area (Å²) < 4.78 is 4.95. The molecule has 19 heavy (non-hydrogen) atoms. The summed E-state index contributed by atoms with van der Waals surface area (Å²) in [6.07, 6.45) is 3.90. The van der Waals surface area contributed by atoms with E-state index in [1.54, 1.807) is 6.92 Å². The Hall–Kier alpha value is -1.14. The Morgan fingerprint density at radius 2 is 2.32 bits per heavy atom. The van der Waals surface area contributed by atoms with E-state index in [1.165, 1.54) is 0 Å². The second kappa shape index (κ2) is 6.34. The van der Waals surface area contributed by atoms with Crippen molar-refractivity contribution in [1.29, 1.82) is 0 Å². The Labute approximate surface area is 118 Å². The van der Waals surface area contributed by atoms with Crippen LogP contribution in [-0.2, 0) is 11.3 Å². The molecule has 0 aromatic carbocycles. The van der Waals surface area contributed by atoms with Crippen molar-refractivity contribution >= 4 is 18.3 Å². The van der Waals surface area contributed by atoms with Crippen LogP contribution in [0.2, 0.25) is 0 Å². The van der Waals surface area contributed by atoms with Crippen LogP contribution in [0.25, 0.3) is 0 Å². The number of aryl methyl sites for hydroxylation is 1. The Morgan fingerprint density at radius 3 is 2.89 bits per heavy atom. The van der Waals surface area contributed by atoms with E-state index < -0.39 is 5.54 Å². The molecule has 7 heteroatoms. The van der Waals surface area contributed by atoms with Crippen LogP contribution in [0, 0.1) is 12.8 Å². The number of carbonyl (C=O) groups excluding carboxylic acids is 1. The third kappa shape index (κ3) is 3.91. The summed E-state index contributed by atoms with van der Waals surface area (Å²) in [6, 6.07) is 0. The number of nitrogens with zero attached hydrogens (tertiary/aromatic N) is 2. The average Bonchev–Trinajstić information content (AvgIpc) is 2.71. The first-order chi connectivity index (χ1) is 8.49. The van der Waals surface area contributed by atoms with Gasteiger partial charge in [-0.1, -0.05) is 18.0 Å². The standard InChI is InChI=1S/C12H20N4O2.ClH/c1-8-15-10(18-16-8)7-14-11(17)9-5-3-4-6-12(9,2)13;/h9H,3-7,13H2,1-2H3,(H,14,17);1H. The number of aromatic nitrogens is 2. The lowest BCUT2D eigenvalue weighted by atomic mass is 9.74. The normalized spacial score (nSPS) is 26.6. The molecular weight excluding hydrogens is 268 g/mol. The van der Waals surface area contributed by atoms with Crippen LogP contribution in [0.4, 0.5) is 0 Å². The number of halogens is 1. The zero-order chi connectivity index (χ0) is 13.2. The van der Waals surface area contributed by atoms with Gasteiger partial charge in [0, 0.05) is 5.54 Å². The van der Waals surface area contributed by atoms with Gasteiger partial charge >= 0.3 is 0 Å². The predicted octanol–water partition coefficient (Wildman–Crippen LogP) is 1.32. The lowest BCUT2D eigenvalue weighted by Crippen LogP contribution is -2.52. The summed E-state index contributed by atoms with van der Waals surface area (Å²) in [7, 11) is 0. The maximum absolute atomic E-state index is 12.1. The van der Waals surface area contributed by atoms with Crippen molar-refractivity contribution in [2.75, 3.05) is 0 Å². The van der Waals surface area contributed by atoms with Gasteiger partial charge in [-0.15, -0.1) is 12.4 Å². The van der Waals surface area contributed by atoms with Gasteiger partial charge in [-0.2, -0.15) is 4.98 Å². The molecule has 2 rings (SSSR count). The molecule has 0 bridgehead atoms. The summed E-state index contributed by atoms with van der Waals surface area (Å²) in [5, 5.41) is 6.50. The molecule has 1 aromatic heterocycles. The molecule has 0 saturated heterocycles. The SMILES string of the molecule is Cc1noc(CNC(=O)C2CCCCC2(C)N)n1.Cl. The average molecular weight is 289 g/mol. The summed E-state index contributed by atoms with van der Waals surface area (Å²) in [5.41, 5.74) is 5.77. The molecule has 1 fully saturated rings. The Balaban J connectivity index is 0.00000180. The highest BCUT2D eigenvalue weighted by Crippen LogP contribution is 2.31. The summed E-state index contributed by atoms with van der Waals surface area (Å²) in [5.74, 6) is 0.849. The number of rotatable bonds is 3. The first-order valence-electron chi connectivity index (χ1n) is 6.35. The van der Waals surface area contributed by atoms with Gasteiger partial charge in [0.25, 0.3) is 0 Å². The fourth-order valence-electron chi connectivity index (χ4n) is 2.49. The third-order valence-corrected chi connectivity index (χ3v) is 3.55. The van der Waals surface area contributed by atoms with Gasteiger partial charge in [0.2, 0.25) is 11.8 Å². The highest BCUT2D eigenvalue weighted by molar-refractivity contribution is 5.85. The van der Waals surface area contributed by atoms with Crippen molar-refractivity contribution in [2.24, 2.45) is 11.7 Å². The molecule has 2 unspecified atom stereocenters. The molecule has 3 N–H and O–H groups in total. The third-order valence-electron chi connectivity index (χ3n) is 3.55. The van der Waals surface area contributed by atoms with Crippen LogP contribution >= 0.6 is 12.4 Å². The number of carbonyl (C=O) groups is 1. The second-order valence-corrected chi connectivity index (χ2v) is 5.26. The van der Waals surface area contributed by atoms with Gasteiger partial charge < -0.3 is 15.6 Å². The molecule has 6 nitrogen and oxygen atoms in total. The maximum atomic E-state index is 12.1. The van der Waals surface area contributed by atoms with Crippen LogP contribution in [-0.4, -0.2) is 21.6 Å². The van der Waals surface area contributed by atoms with E-state index in [-0.39, 0.29) is 30.8 Å². The van der Waals surface area contributed by atoms with Crippen molar-refractivity contribution in [1.82, 2.24) is 15.5 Å². The molecule has 1 amide bonds. The van der Waals surface area contributed by atoms with Gasteiger partial charge in [-0.25, -0.2) is 0 Å². The second-order valence-electron chi connectivity index (χ2n) is 5.26. The van der Waals surface area contributed by atoms with E-state index in [1.807, 2.05) is 6.92 Å². The molecule has 2 atom stereocenters. The van der Waals surface area contributed by atoms with E-state index in [4.69, 9.17) is 10.3 Å². The van der Waals surface area contributed by atoms with Crippen molar-refractivity contribution < 1.29 is 9.32 Å². The summed E-state index contributed by atoms with van der Waals surface area (Å²) in [4.78, 5) is 16.2. The van der Waals surface area contributed by atoms with Gasteiger partial charge in [-0.3, -0.25) is 4.79 Å². The van der Waals surface area contributed by atoms with E-state index in [0.717, 1.165) is 25.7 Å². The molecule has 1 aliphatic carbocycles. The molecule has 1 saturated carbocycles. The van der Waals surface area contributed by atoms with Crippen LogP contribution in [0.3, 0.4) is 0 Å². The molecular formula is C12H21ClN4O2. The monoisotopic (exact) mass is 288 g/mol. The largest absolute Gasteiger partial charge is 0.347 e. The van der Waals surface area contributed by atoms with Crippen molar-refractivity contribution in [3.63, 3.8) is 0 Å². The molecule has 1 aromatic rings. The van der Waals surface area contributed by atoms with Crippen molar-refractivity contribution in [3.05, 3.63) is 11.7 Å². The first-order valence-corrected chi connectivity index (χ1v) is 6.35. The smallest absolute Gasteiger partial charge is 0.246 e. The Bertz CT molecular complexity index is 433. The van der Waals surface area contributed by atoms with Crippen LogP contribution < -0.4 is 11.1 Å². The highest BCUT2D eigenvalue weighted by Gasteiger charge is 2.37. The van der Waals surface area contributed by atoms with E-state index in [9.17, 15) is 4.79 Å². The van der Waals surface area contributed by atoms with Crippen LogP contribution in [0.15, 0.2) is 4.52 Å². The van der Waals surface area contributed by atoms with Crippen molar-refractivity contribution in [2.45, 2.75) is 51.6 Å². The van der Waals surface area contributed by atoms with Gasteiger partial charge in [0.15, 0.2) is 5.82 Å². The van der Waals surface area contributed by atoms with Crippen LogP contribution in [0.1, 0.15) is 44.3 Å². The number of nitrogens with two attached hydrogens (primary N) is 1. The molecule has 0 aliphatic heterocycles. The molecule has 1 aliphatic rings. The quantitative estimate of drug-likeness (QED) is 0.875. The Morgan fingerprint density at radius 1 is 1.58 bits per heavy atom. The minimum absolute atomic E-state index is 0. The molecule has 1 heterocycles. The van der Waals surface area contributed by atoms with Crippen LogP contribution in [0.5, 0.6) is 0 Å². The lowest BCUT2D eigenvalue weighted by Gasteiger charge is -2.37. The lowest BCUT2D eigenvalue weighted by molar-refractivity contribution is -0.128. The highest BCUT2D eigenvalue weighted by atomic mass is 35.5. The van der Waals surface area contributed by atoms with Crippen molar-refractivity contribution in [3.8, 4) is 0 Å². The number of hydrogen-bond donors (Lipinski definition) is 2. The Kier molecular flexibility index (Phi) is 5.31. The summed E-state index contributed by atoms with van der Waals surface area (Å²) >= 11 is 0. The zero-order valence-corrected chi connectivity index (χ0v) is 12.1. The number of nitrogens with one attached hydrogen (secondary N) is 1. The zero-order valence-electron chi connectivity index (χ0n) is 11.3. The number of hydrogen-bond acceptors (Lipinski definition) is 5. The topological polar surface area (TPSA) is 94.0 Å². The maximum Gasteiger partial charge on any atom is 0.246 e. The molecule has 108 valence electrons. The fourth-order valence-corrected chi connectivity index (χ4v) is 2.49. The van der Waals surface area contributed by atoms with E-state index >= 15 is 0 Å². The minimum atomic E-state index is -0.410. The fraction of sp³-hybridized carbons (Fsp3) is 0.750. The van der Waals surface area contributed by atoms with Gasteiger partial charge in [0.05, 0.1) is 12.5 Å². The predicted molar refractivity (Wildman–Crippen MR) is 72.7 cm³/mol. The molecule has 0 radical (unpaired) electrons. The molecule has 0 spiro atoms. The summed E-state index contributed by atoms with van der Waals surface area (Å²) in [6.45, 7) is 3.96. The van der Waals surface area contributed by atoms with Gasteiger partial charge in [0.1, 0.15) is 0 Å². The van der Waals surface area contributed by atoms with E-state index in [0.29, 0.717) is 11.7 Å². The van der Waals surface area contributed by atoms with Gasteiger partial charge in [-0.05, 0) is 26.7 Å². The number of amides is 1. The first kappa shape index (κ1) is 15.9. The van der Waals surface area contributed by atoms with E-state index in [2.05, 4.69) is 15.5 Å². The minimum Gasteiger partial charge on any atom is -0.347 e.